The fourth-order valence-corrected chi connectivity index (χ4v) is 3.72. The molecule has 2 aromatic rings. The molecule has 0 unspecified atom stereocenters. The van der Waals surface area contributed by atoms with Crippen LogP contribution in [0, 0.1) is 5.53 Å². The van der Waals surface area contributed by atoms with Crippen LogP contribution in [0.3, 0.4) is 0 Å². The molecule has 1 heterocycles. The number of carbonyl (C=O) groups excluding carboxylic acids is 3. The molecule has 3 rings (SSSR count). The van der Waals surface area contributed by atoms with Gasteiger partial charge in [-0.2, -0.15) is 5.11 Å². The summed E-state index contributed by atoms with van der Waals surface area (Å²) >= 11 is 0. The highest BCUT2D eigenvalue weighted by Crippen LogP contribution is 2.36. The van der Waals surface area contributed by atoms with Gasteiger partial charge < -0.3 is 20.7 Å². The lowest BCUT2D eigenvalue weighted by atomic mass is 9.96. The average molecular weight is 464 g/mol. The Morgan fingerprint density at radius 3 is 2.47 bits per heavy atom. The molecule has 2 aromatic carbocycles. The number of ketones is 1. The monoisotopic (exact) mass is 463 g/mol. The first-order chi connectivity index (χ1) is 16.4. The van der Waals surface area contributed by atoms with Gasteiger partial charge in [0.2, 0.25) is 11.8 Å². The molecule has 1 aliphatic rings. The van der Waals surface area contributed by atoms with Gasteiger partial charge in [-0.05, 0) is 18.6 Å². The van der Waals surface area contributed by atoms with E-state index >= 15 is 0 Å². The minimum atomic E-state index is -0.251. The molecule has 2 amide bonds. The molecule has 0 spiro atoms. The number of anilines is 1. The van der Waals surface area contributed by atoms with Crippen molar-refractivity contribution in [1.82, 2.24) is 5.32 Å². The molecular weight excluding hydrogens is 434 g/mol. The van der Waals surface area contributed by atoms with Gasteiger partial charge in [0.05, 0.1) is 31.1 Å². The molecule has 4 N–H and O–H groups in total. The molecular formula is C25H29N5O4. The Labute approximate surface area is 198 Å². The number of nitrogens with one attached hydrogen (secondary N) is 2. The molecule has 9 nitrogen and oxygen atoms in total. The minimum absolute atomic E-state index is 0.0207. The van der Waals surface area contributed by atoms with Gasteiger partial charge in [-0.3, -0.25) is 14.4 Å². The second-order valence-electron chi connectivity index (χ2n) is 7.94. The van der Waals surface area contributed by atoms with Gasteiger partial charge in [0.15, 0.2) is 0 Å². The number of amides is 2. The number of Topliss-reactive ketones (excluding diaryl/α,β-unsaturated/α-hetero) is 1. The van der Waals surface area contributed by atoms with Crippen LogP contribution >= 0.6 is 0 Å². The van der Waals surface area contributed by atoms with Crippen molar-refractivity contribution in [2.75, 3.05) is 24.7 Å². The molecule has 178 valence electrons. The van der Waals surface area contributed by atoms with Crippen LogP contribution in [0.25, 0.3) is 11.4 Å². The van der Waals surface area contributed by atoms with Crippen molar-refractivity contribution in [3.63, 3.8) is 0 Å². The van der Waals surface area contributed by atoms with Gasteiger partial charge in [0.1, 0.15) is 11.5 Å². The second kappa shape index (κ2) is 11.9. The molecule has 0 fully saturated rings. The van der Waals surface area contributed by atoms with Gasteiger partial charge in [-0.1, -0.05) is 42.5 Å². The third-order valence-corrected chi connectivity index (χ3v) is 5.49. The number of nitrogens with zero attached hydrogens (tertiary/aromatic N) is 2. The summed E-state index contributed by atoms with van der Waals surface area (Å²) in [6.45, 7) is 2.71. The highest BCUT2D eigenvalue weighted by molar-refractivity contribution is 6.01. The molecule has 9 heteroatoms. The Bertz CT molecular complexity index is 1110. The number of hydrogen-bond acceptors (Lipinski definition) is 7. The SMILES string of the molecule is CC(=O)CCOCCNC(=O)CCC(=O)N1Cc2ccccc2/C(N=N)=C(/N)c2ccccc21. The summed E-state index contributed by atoms with van der Waals surface area (Å²) in [6, 6.07) is 14.6. The summed E-state index contributed by atoms with van der Waals surface area (Å²) < 4.78 is 5.29. The van der Waals surface area contributed by atoms with Crippen LogP contribution in [-0.4, -0.2) is 37.4 Å². The lowest BCUT2D eigenvalue weighted by Crippen LogP contribution is -2.34. The smallest absolute Gasteiger partial charge is 0.227 e. The highest BCUT2D eigenvalue weighted by Gasteiger charge is 2.26. The van der Waals surface area contributed by atoms with Crippen LogP contribution in [0.4, 0.5) is 5.69 Å². The van der Waals surface area contributed by atoms with Crippen molar-refractivity contribution in [1.29, 1.82) is 5.53 Å². The number of hydrogen-bond donors (Lipinski definition) is 3. The highest BCUT2D eigenvalue weighted by atomic mass is 16.5. The van der Waals surface area contributed by atoms with Crippen molar-refractivity contribution in [2.45, 2.75) is 32.7 Å². The van der Waals surface area contributed by atoms with Crippen LogP contribution in [-0.2, 0) is 25.7 Å². The van der Waals surface area contributed by atoms with E-state index in [0.29, 0.717) is 54.4 Å². The molecule has 0 aliphatic carbocycles. The summed E-state index contributed by atoms with van der Waals surface area (Å²) in [7, 11) is 0. The molecule has 1 aliphatic heterocycles. The number of nitrogens with two attached hydrogens (primary N) is 1. The zero-order chi connectivity index (χ0) is 24.5. The van der Waals surface area contributed by atoms with E-state index in [1.807, 2.05) is 36.4 Å². The van der Waals surface area contributed by atoms with E-state index in [1.165, 1.54) is 6.92 Å². The van der Waals surface area contributed by atoms with E-state index in [1.54, 1.807) is 17.0 Å². The number of benzene rings is 2. The number of para-hydroxylation sites is 1. The number of carbonyl (C=O) groups is 3. The molecule has 0 saturated heterocycles. The van der Waals surface area contributed by atoms with Crippen LogP contribution in [0.1, 0.15) is 42.9 Å². The van der Waals surface area contributed by atoms with Crippen molar-refractivity contribution in [3.8, 4) is 0 Å². The van der Waals surface area contributed by atoms with E-state index in [2.05, 4.69) is 10.4 Å². The lowest BCUT2D eigenvalue weighted by Gasteiger charge is -2.29. The van der Waals surface area contributed by atoms with Crippen LogP contribution in [0.5, 0.6) is 0 Å². The molecule has 0 saturated carbocycles. The van der Waals surface area contributed by atoms with Gasteiger partial charge in [0, 0.05) is 36.9 Å². The molecule has 0 atom stereocenters. The van der Waals surface area contributed by atoms with Gasteiger partial charge in [-0.25, -0.2) is 5.53 Å². The van der Waals surface area contributed by atoms with Gasteiger partial charge >= 0.3 is 0 Å². The Morgan fingerprint density at radius 2 is 1.74 bits per heavy atom. The Morgan fingerprint density at radius 1 is 1.03 bits per heavy atom. The fraction of sp³-hybridized carbons (Fsp3) is 0.320. The average Bonchev–Trinajstić information content (AvgIpc) is 2.83. The standard InChI is InChI=1S/C25H29N5O4/c1-17(31)12-14-34-15-13-28-22(32)10-11-23(33)30-16-18-6-2-3-7-19(18)25(29-27)24(26)20-8-4-5-9-21(20)30/h2-9,27H,10-16,26H2,1H3,(H,28,32)/b25-24-,29-27?. The summed E-state index contributed by atoms with van der Waals surface area (Å²) in [5.74, 6) is -0.411. The first-order valence-electron chi connectivity index (χ1n) is 11.1. The molecule has 34 heavy (non-hydrogen) atoms. The molecule has 0 aromatic heterocycles. The Balaban J connectivity index is 1.70. The van der Waals surface area contributed by atoms with Crippen LogP contribution in [0.2, 0.25) is 0 Å². The number of ether oxygens (including phenoxy) is 1. The molecule has 0 bridgehead atoms. The summed E-state index contributed by atoms with van der Waals surface area (Å²) in [6.07, 6.45) is 0.401. The fourth-order valence-electron chi connectivity index (χ4n) is 3.72. The minimum Gasteiger partial charge on any atom is -0.396 e. The quantitative estimate of drug-likeness (QED) is 0.367. The van der Waals surface area contributed by atoms with Crippen molar-refractivity contribution in [3.05, 3.63) is 65.2 Å². The summed E-state index contributed by atoms with van der Waals surface area (Å²) in [4.78, 5) is 38.0. The summed E-state index contributed by atoms with van der Waals surface area (Å²) in [5, 5.41) is 6.40. The van der Waals surface area contributed by atoms with E-state index in [4.69, 9.17) is 16.0 Å². The Kier molecular flexibility index (Phi) is 8.64. The topological polar surface area (TPSA) is 138 Å². The normalized spacial score (nSPS) is 14.9. The molecule has 0 radical (unpaired) electrons. The van der Waals surface area contributed by atoms with Gasteiger partial charge in [0.25, 0.3) is 0 Å². The van der Waals surface area contributed by atoms with Crippen molar-refractivity contribution < 1.29 is 19.1 Å². The van der Waals surface area contributed by atoms with Crippen LogP contribution in [0.15, 0.2) is 53.6 Å². The third kappa shape index (κ3) is 6.14. The lowest BCUT2D eigenvalue weighted by molar-refractivity contribution is -0.125. The third-order valence-electron chi connectivity index (χ3n) is 5.49. The van der Waals surface area contributed by atoms with Gasteiger partial charge in [-0.15, -0.1) is 0 Å². The maximum absolute atomic E-state index is 13.2. The summed E-state index contributed by atoms with van der Waals surface area (Å²) in [5.41, 5.74) is 17.5. The number of fused-ring (bicyclic) bond motifs is 2. The first kappa shape index (κ1) is 24.8. The largest absolute Gasteiger partial charge is 0.396 e. The first-order valence-corrected chi connectivity index (χ1v) is 11.1. The van der Waals surface area contributed by atoms with Crippen molar-refractivity contribution in [2.24, 2.45) is 10.8 Å². The zero-order valence-corrected chi connectivity index (χ0v) is 19.2. The van der Waals surface area contributed by atoms with Crippen molar-refractivity contribution >= 4 is 34.7 Å². The second-order valence-corrected chi connectivity index (χ2v) is 7.94. The van der Waals surface area contributed by atoms with Crippen LogP contribution < -0.4 is 16.0 Å². The predicted molar refractivity (Wildman–Crippen MR) is 129 cm³/mol. The predicted octanol–water partition coefficient (Wildman–Crippen LogP) is 3.24. The maximum Gasteiger partial charge on any atom is 0.227 e. The number of rotatable bonds is 10. The van der Waals surface area contributed by atoms with E-state index in [9.17, 15) is 14.4 Å². The van der Waals surface area contributed by atoms with E-state index < -0.39 is 0 Å². The maximum atomic E-state index is 13.2. The van der Waals surface area contributed by atoms with E-state index in [-0.39, 0.29) is 37.0 Å². The Hall–Kier alpha value is -3.85. The zero-order valence-electron chi connectivity index (χ0n) is 19.2. The van der Waals surface area contributed by atoms with E-state index in [0.717, 1.165) is 5.56 Å².